The molecule has 1 aliphatic rings. The molecule has 0 fully saturated rings. The molecule has 0 bridgehead atoms. The summed E-state index contributed by atoms with van der Waals surface area (Å²) in [7, 11) is 0. The number of nitrogens with zero attached hydrogens (tertiary/aromatic N) is 2. The van der Waals surface area contributed by atoms with E-state index in [9.17, 15) is 4.79 Å². The maximum atomic E-state index is 11.7. The van der Waals surface area contributed by atoms with E-state index in [1.165, 1.54) is 31.3 Å². The van der Waals surface area contributed by atoms with Gasteiger partial charge in [0.25, 0.3) is 5.91 Å². The monoisotopic (exact) mass is 231 g/mol. The summed E-state index contributed by atoms with van der Waals surface area (Å²) in [5.74, 6) is -0.144. The van der Waals surface area contributed by atoms with Gasteiger partial charge in [-0.2, -0.15) is 5.10 Å². The molecule has 0 saturated heterocycles. The minimum Gasteiger partial charge on any atom is -0.350 e. The highest BCUT2D eigenvalue weighted by Crippen LogP contribution is 2.19. The van der Waals surface area contributed by atoms with E-state index < -0.39 is 0 Å². The molecule has 0 radical (unpaired) electrons. The van der Waals surface area contributed by atoms with Crippen LogP contribution >= 0.6 is 0 Å². The molecule has 2 rings (SSSR count). The Morgan fingerprint density at radius 3 is 3.06 bits per heavy atom. The van der Waals surface area contributed by atoms with Gasteiger partial charge in [-0.25, -0.2) is 0 Å². The van der Waals surface area contributed by atoms with Gasteiger partial charge in [-0.3, -0.25) is 4.79 Å². The molecule has 0 unspecified atom stereocenters. The maximum absolute atomic E-state index is 11.7. The van der Waals surface area contributed by atoms with Crippen LogP contribution < -0.4 is 5.32 Å². The van der Waals surface area contributed by atoms with Gasteiger partial charge in [0.15, 0.2) is 5.69 Å². The average molecular weight is 231 g/mol. The van der Waals surface area contributed by atoms with E-state index in [-0.39, 0.29) is 5.91 Å². The molecule has 0 aliphatic heterocycles. The Labute approximate surface area is 101 Å². The fraction of sp³-hybridized carbons (Fsp3) is 0.462. The van der Waals surface area contributed by atoms with E-state index in [2.05, 4.69) is 21.6 Å². The molecule has 1 heterocycles. The molecular weight excluding hydrogens is 214 g/mol. The number of nitrogens with one attached hydrogen (secondary N) is 1. The predicted octanol–water partition coefficient (Wildman–Crippen LogP) is 2.10. The quantitative estimate of drug-likeness (QED) is 0.807. The zero-order valence-electron chi connectivity index (χ0n) is 9.85. The second kappa shape index (κ2) is 6.13. The van der Waals surface area contributed by atoms with E-state index in [1.807, 2.05) is 0 Å². The van der Waals surface area contributed by atoms with E-state index >= 15 is 0 Å². The van der Waals surface area contributed by atoms with Crippen LogP contribution in [0.4, 0.5) is 0 Å². The Bertz CT molecular complexity index is 400. The van der Waals surface area contributed by atoms with Crippen molar-refractivity contribution in [3.05, 3.63) is 35.7 Å². The van der Waals surface area contributed by atoms with Crippen LogP contribution in [0.2, 0.25) is 0 Å². The number of carbonyl (C=O) groups excluding carboxylic acids is 1. The summed E-state index contributed by atoms with van der Waals surface area (Å²) in [5.41, 5.74) is 1.85. The Morgan fingerprint density at radius 2 is 2.35 bits per heavy atom. The lowest BCUT2D eigenvalue weighted by Gasteiger charge is -2.12. The van der Waals surface area contributed by atoms with Crippen molar-refractivity contribution in [1.29, 1.82) is 0 Å². The van der Waals surface area contributed by atoms with Gasteiger partial charge in [-0.05, 0) is 44.2 Å². The number of carbonyl (C=O) groups is 1. The van der Waals surface area contributed by atoms with Crippen LogP contribution in [-0.2, 0) is 0 Å². The van der Waals surface area contributed by atoms with Gasteiger partial charge in [0, 0.05) is 12.7 Å². The third-order valence-electron chi connectivity index (χ3n) is 2.92. The molecular formula is C13H17N3O. The van der Waals surface area contributed by atoms with Gasteiger partial charge >= 0.3 is 0 Å². The van der Waals surface area contributed by atoms with Gasteiger partial charge < -0.3 is 5.32 Å². The molecule has 0 atom stereocenters. The topological polar surface area (TPSA) is 54.9 Å². The molecule has 1 amide bonds. The highest BCUT2D eigenvalue weighted by Gasteiger charge is 2.07. The van der Waals surface area contributed by atoms with Crippen molar-refractivity contribution in [2.45, 2.75) is 32.1 Å². The second-order valence-corrected chi connectivity index (χ2v) is 4.22. The van der Waals surface area contributed by atoms with Gasteiger partial charge in [-0.15, -0.1) is 5.10 Å². The summed E-state index contributed by atoms with van der Waals surface area (Å²) in [6.45, 7) is 0.682. The van der Waals surface area contributed by atoms with Crippen molar-refractivity contribution in [3.63, 3.8) is 0 Å². The number of hydrogen-bond donors (Lipinski definition) is 1. The SMILES string of the molecule is O=C(NCCC1=CCCCC1)c1cccnn1. The van der Waals surface area contributed by atoms with Crippen molar-refractivity contribution < 1.29 is 4.79 Å². The van der Waals surface area contributed by atoms with Crippen LogP contribution in [-0.4, -0.2) is 22.6 Å². The Morgan fingerprint density at radius 1 is 1.41 bits per heavy atom. The number of aromatic nitrogens is 2. The first-order valence-electron chi connectivity index (χ1n) is 6.10. The molecule has 1 aliphatic carbocycles. The third kappa shape index (κ3) is 3.66. The average Bonchev–Trinajstić information content (AvgIpc) is 2.41. The van der Waals surface area contributed by atoms with Crippen LogP contribution in [0.25, 0.3) is 0 Å². The number of hydrogen-bond acceptors (Lipinski definition) is 3. The lowest BCUT2D eigenvalue weighted by molar-refractivity contribution is 0.0948. The fourth-order valence-electron chi connectivity index (χ4n) is 1.98. The molecule has 90 valence electrons. The molecule has 0 spiro atoms. The van der Waals surface area contributed by atoms with Crippen molar-refractivity contribution in [3.8, 4) is 0 Å². The lowest BCUT2D eigenvalue weighted by atomic mass is 9.97. The molecule has 0 aromatic carbocycles. The van der Waals surface area contributed by atoms with Crippen LogP contribution in [0.1, 0.15) is 42.6 Å². The van der Waals surface area contributed by atoms with Crippen LogP contribution in [0, 0.1) is 0 Å². The van der Waals surface area contributed by atoms with E-state index in [0.717, 1.165) is 6.42 Å². The standard InChI is InChI=1S/C13H17N3O/c17-13(12-7-4-9-15-16-12)14-10-8-11-5-2-1-3-6-11/h4-5,7,9H,1-3,6,8,10H2,(H,14,17). The Balaban J connectivity index is 1.75. The Hall–Kier alpha value is -1.71. The second-order valence-electron chi connectivity index (χ2n) is 4.22. The van der Waals surface area contributed by atoms with Gasteiger partial charge in [0.1, 0.15) is 0 Å². The van der Waals surface area contributed by atoms with Crippen molar-refractivity contribution >= 4 is 5.91 Å². The minimum atomic E-state index is -0.144. The lowest BCUT2D eigenvalue weighted by Crippen LogP contribution is -2.25. The molecule has 17 heavy (non-hydrogen) atoms. The van der Waals surface area contributed by atoms with E-state index in [0.29, 0.717) is 12.2 Å². The number of allylic oxidation sites excluding steroid dienone is 1. The van der Waals surface area contributed by atoms with Crippen molar-refractivity contribution in [2.75, 3.05) is 6.54 Å². The van der Waals surface area contributed by atoms with E-state index in [1.54, 1.807) is 18.3 Å². The fourth-order valence-corrected chi connectivity index (χ4v) is 1.98. The van der Waals surface area contributed by atoms with Crippen LogP contribution in [0.3, 0.4) is 0 Å². The molecule has 4 heteroatoms. The minimum absolute atomic E-state index is 0.144. The summed E-state index contributed by atoms with van der Waals surface area (Å²) in [4.78, 5) is 11.7. The normalized spacial score (nSPS) is 15.2. The van der Waals surface area contributed by atoms with Gasteiger partial charge in [-0.1, -0.05) is 11.6 Å². The highest BCUT2D eigenvalue weighted by atomic mass is 16.1. The zero-order chi connectivity index (χ0) is 11.9. The molecule has 1 N–H and O–H groups in total. The first-order chi connectivity index (χ1) is 8.36. The smallest absolute Gasteiger partial charge is 0.271 e. The molecule has 1 aromatic rings. The summed E-state index contributed by atoms with van der Waals surface area (Å²) in [5, 5.41) is 10.3. The van der Waals surface area contributed by atoms with E-state index in [4.69, 9.17) is 0 Å². The zero-order valence-corrected chi connectivity index (χ0v) is 9.85. The van der Waals surface area contributed by atoms with Crippen molar-refractivity contribution in [2.24, 2.45) is 0 Å². The summed E-state index contributed by atoms with van der Waals surface area (Å²) in [6.07, 6.45) is 9.77. The number of amides is 1. The molecule has 4 nitrogen and oxygen atoms in total. The van der Waals surface area contributed by atoms with Gasteiger partial charge in [0.05, 0.1) is 0 Å². The first kappa shape index (κ1) is 11.8. The van der Waals surface area contributed by atoms with Gasteiger partial charge in [0.2, 0.25) is 0 Å². The third-order valence-corrected chi connectivity index (χ3v) is 2.92. The maximum Gasteiger partial charge on any atom is 0.271 e. The van der Waals surface area contributed by atoms with Crippen LogP contribution in [0.15, 0.2) is 30.0 Å². The molecule has 1 aromatic heterocycles. The summed E-state index contributed by atoms with van der Waals surface area (Å²) < 4.78 is 0. The summed E-state index contributed by atoms with van der Waals surface area (Å²) in [6, 6.07) is 3.38. The highest BCUT2D eigenvalue weighted by molar-refractivity contribution is 5.91. The first-order valence-corrected chi connectivity index (χ1v) is 6.10. The largest absolute Gasteiger partial charge is 0.350 e. The molecule has 0 saturated carbocycles. The van der Waals surface area contributed by atoms with Crippen molar-refractivity contribution in [1.82, 2.24) is 15.5 Å². The Kier molecular flexibility index (Phi) is 4.24. The number of rotatable bonds is 4. The van der Waals surface area contributed by atoms with Crippen LogP contribution in [0.5, 0.6) is 0 Å². The predicted molar refractivity (Wildman–Crippen MR) is 65.5 cm³/mol. The summed E-state index contributed by atoms with van der Waals surface area (Å²) >= 11 is 0.